The number of phenols is 1. The molecule has 3 aliphatic heterocycles. The Kier molecular flexibility index (Phi) is 7.04. The highest BCUT2D eigenvalue weighted by Gasteiger charge is 2.49. The van der Waals surface area contributed by atoms with E-state index in [4.69, 9.17) is 9.72 Å². The third-order valence-corrected chi connectivity index (χ3v) is 9.50. The molecule has 2 N–H and O–H groups in total. The highest BCUT2D eigenvalue weighted by molar-refractivity contribution is 6.01. The summed E-state index contributed by atoms with van der Waals surface area (Å²) >= 11 is 0. The van der Waals surface area contributed by atoms with Gasteiger partial charge in [-0.15, -0.1) is 0 Å². The quantitative estimate of drug-likeness (QED) is 0.298. The summed E-state index contributed by atoms with van der Waals surface area (Å²) in [6.45, 7) is 3.69. The number of aromatic nitrogens is 3. The highest BCUT2D eigenvalue weighted by Crippen LogP contribution is 2.42. The Bertz CT molecular complexity index is 1720. The van der Waals surface area contributed by atoms with Crippen LogP contribution in [0.5, 0.6) is 11.8 Å². The molecule has 2 aromatic carbocycles. The molecule has 0 bridgehead atoms. The predicted octanol–water partition coefficient (Wildman–Crippen LogP) is 5.31. The van der Waals surface area contributed by atoms with Crippen LogP contribution in [0.15, 0.2) is 30.5 Å². The summed E-state index contributed by atoms with van der Waals surface area (Å²) in [7, 11) is 0. The van der Waals surface area contributed by atoms with E-state index >= 15 is 4.39 Å². The van der Waals surface area contributed by atoms with E-state index in [1.54, 1.807) is 6.07 Å². The van der Waals surface area contributed by atoms with Gasteiger partial charge in [0.25, 0.3) is 0 Å². The Morgan fingerprint density at radius 2 is 2.00 bits per heavy atom. The number of aryl methyl sites for hydroxylation is 1. The fourth-order valence-corrected chi connectivity index (χ4v) is 7.48. The zero-order chi connectivity index (χ0) is 29.9. The van der Waals surface area contributed by atoms with Gasteiger partial charge in [0.2, 0.25) is 0 Å². The van der Waals surface area contributed by atoms with Crippen LogP contribution in [0.4, 0.5) is 19.0 Å². The van der Waals surface area contributed by atoms with Gasteiger partial charge in [-0.3, -0.25) is 9.88 Å². The minimum absolute atomic E-state index is 0.0323. The van der Waals surface area contributed by atoms with Gasteiger partial charge >= 0.3 is 6.01 Å². The number of rotatable bonds is 7. The first kappa shape index (κ1) is 28.1. The molecule has 0 aliphatic carbocycles. The number of phenolic OH excluding ortho intramolecular Hbond substituents is 1. The maximum atomic E-state index is 16.7. The van der Waals surface area contributed by atoms with Crippen LogP contribution in [0, 0.1) is 11.6 Å². The molecule has 43 heavy (non-hydrogen) atoms. The average Bonchev–Trinajstić information content (AvgIpc) is 3.70. The van der Waals surface area contributed by atoms with Crippen LogP contribution in [0.1, 0.15) is 44.6 Å². The standard InChI is InChI=1S/C32H34F3N5O3/c1-2-22-25(34)7-6-18-11-21(42)12-23(26(18)22)28-27(35)29-24(14-36-28)30(40-10-3-5-20(40)16-41)38-31(37-29)43-17-32-8-4-9-39(32)15-19(33)13-32/h6-7,11-12,14,19-20,41-42H,2-5,8-10,13,15-17H2,1H3/t19-,20-,32+/m1/s1. The molecule has 5 heterocycles. The van der Waals surface area contributed by atoms with E-state index in [0.717, 1.165) is 32.2 Å². The monoisotopic (exact) mass is 593 g/mol. The topological polar surface area (TPSA) is 94.8 Å². The van der Waals surface area contributed by atoms with E-state index in [1.165, 1.54) is 24.4 Å². The molecule has 7 rings (SSSR count). The summed E-state index contributed by atoms with van der Waals surface area (Å²) in [5.41, 5.74) is 0.0916. The molecule has 3 fully saturated rings. The van der Waals surface area contributed by atoms with Gasteiger partial charge in [0, 0.05) is 31.3 Å². The second-order valence-corrected chi connectivity index (χ2v) is 12.0. The molecule has 0 saturated carbocycles. The fourth-order valence-electron chi connectivity index (χ4n) is 7.48. The van der Waals surface area contributed by atoms with Crippen LogP contribution in [-0.4, -0.2) is 80.7 Å². The summed E-state index contributed by atoms with van der Waals surface area (Å²) in [5.74, 6) is -0.869. The Morgan fingerprint density at radius 1 is 1.14 bits per heavy atom. The molecule has 3 atom stereocenters. The molecule has 2 aromatic heterocycles. The van der Waals surface area contributed by atoms with Crippen molar-refractivity contribution >= 4 is 27.5 Å². The third-order valence-electron chi connectivity index (χ3n) is 9.50. The summed E-state index contributed by atoms with van der Waals surface area (Å²) in [4.78, 5) is 17.7. The largest absolute Gasteiger partial charge is 0.508 e. The van der Waals surface area contributed by atoms with E-state index in [0.29, 0.717) is 53.5 Å². The number of aliphatic hydroxyl groups excluding tert-OH is 1. The van der Waals surface area contributed by atoms with Crippen molar-refractivity contribution < 1.29 is 28.1 Å². The van der Waals surface area contributed by atoms with E-state index in [-0.39, 0.29) is 47.8 Å². The summed E-state index contributed by atoms with van der Waals surface area (Å²) in [6, 6.07) is 5.56. The molecular weight excluding hydrogens is 559 g/mol. The van der Waals surface area contributed by atoms with E-state index < -0.39 is 23.3 Å². The summed E-state index contributed by atoms with van der Waals surface area (Å²) < 4.78 is 52.1. The Labute approximate surface area is 247 Å². The van der Waals surface area contributed by atoms with Gasteiger partial charge in [-0.1, -0.05) is 13.0 Å². The van der Waals surface area contributed by atoms with Crippen molar-refractivity contribution in [2.24, 2.45) is 0 Å². The molecule has 4 aromatic rings. The van der Waals surface area contributed by atoms with Gasteiger partial charge in [-0.25, -0.2) is 13.2 Å². The normalized spacial score (nSPS) is 24.0. The molecule has 11 heteroatoms. The van der Waals surface area contributed by atoms with Crippen LogP contribution in [-0.2, 0) is 6.42 Å². The maximum Gasteiger partial charge on any atom is 0.319 e. The Balaban J connectivity index is 1.39. The molecule has 8 nitrogen and oxygen atoms in total. The second-order valence-electron chi connectivity index (χ2n) is 12.0. The van der Waals surface area contributed by atoms with E-state index in [2.05, 4.69) is 14.9 Å². The number of benzene rings is 2. The lowest BCUT2D eigenvalue weighted by molar-refractivity contribution is 0.107. The molecule has 0 amide bonds. The number of aromatic hydroxyl groups is 1. The fraction of sp³-hybridized carbons (Fsp3) is 0.469. The molecule has 226 valence electrons. The number of aliphatic hydroxyl groups is 1. The SMILES string of the molecule is CCc1c(F)ccc2cc(O)cc(-c3ncc4c(N5CCC[C@@H]5CO)nc(OC[C@@]56CCCN5C[C@H](F)C6)nc4c3F)c12. The molecule has 3 aliphatic rings. The Morgan fingerprint density at radius 3 is 2.81 bits per heavy atom. The van der Waals surface area contributed by atoms with Gasteiger partial charge in [0.15, 0.2) is 5.82 Å². The summed E-state index contributed by atoms with van der Waals surface area (Å²) in [5, 5.41) is 22.0. The zero-order valence-corrected chi connectivity index (χ0v) is 24.0. The number of hydrogen-bond acceptors (Lipinski definition) is 8. The van der Waals surface area contributed by atoms with Crippen molar-refractivity contribution in [3.63, 3.8) is 0 Å². The lowest BCUT2D eigenvalue weighted by atomic mass is 9.94. The van der Waals surface area contributed by atoms with Gasteiger partial charge in [0.05, 0.1) is 23.6 Å². The number of nitrogens with zero attached hydrogens (tertiary/aromatic N) is 5. The van der Waals surface area contributed by atoms with E-state index in [1.807, 2.05) is 11.8 Å². The molecule has 0 unspecified atom stereocenters. The lowest BCUT2D eigenvalue weighted by Gasteiger charge is -2.31. The third kappa shape index (κ3) is 4.64. The van der Waals surface area contributed by atoms with Crippen molar-refractivity contribution in [1.29, 1.82) is 0 Å². The van der Waals surface area contributed by atoms with E-state index in [9.17, 15) is 19.0 Å². The van der Waals surface area contributed by atoms with Gasteiger partial charge < -0.3 is 19.8 Å². The molecule has 0 spiro atoms. The number of alkyl halides is 1. The molecule has 0 radical (unpaired) electrons. The number of anilines is 1. The second kappa shape index (κ2) is 10.8. The first-order chi connectivity index (χ1) is 20.8. The van der Waals surface area contributed by atoms with Crippen molar-refractivity contribution in [3.05, 3.63) is 47.7 Å². The van der Waals surface area contributed by atoms with Gasteiger partial charge in [-0.2, -0.15) is 9.97 Å². The molecule has 3 saturated heterocycles. The maximum absolute atomic E-state index is 16.7. The minimum atomic E-state index is -0.923. The van der Waals surface area contributed by atoms with Crippen molar-refractivity contribution in [3.8, 4) is 23.0 Å². The van der Waals surface area contributed by atoms with Crippen LogP contribution in [0.25, 0.3) is 32.9 Å². The number of hydrogen-bond donors (Lipinski definition) is 2. The van der Waals surface area contributed by atoms with Gasteiger partial charge in [-0.05, 0) is 73.2 Å². The van der Waals surface area contributed by atoms with Crippen LogP contribution >= 0.6 is 0 Å². The van der Waals surface area contributed by atoms with Crippen molar-refractivity contribution in [2.75, 3.05) is 37.7 Å². The first-order valence-electron chi connectivity index (χ1n) is 15.0. The number of ether oxygens (including phenoxy) is 1. The predicted molar refractivity (Wildman–Crippen MR) is 157 cm³/mol. The minimum Gasteiger partial charge on any atom is -0.508 e. The highest BCUT2D eigenvalue weighted by atomic mass is 19.1. The number of halogens is 3. The number of fused-ring (bicyclic) bond motifs is 3. The van der Waals surface area contributed by atoms with Crippen LogP contribution in [0.2, 0.25) is 0 Å². The number of pyridine rings is 1. The smallest absolute Gasteiger partial charge is 0.319 e. The van der Waals surface area contributed by atoms with Crippen molar-refractivity contribution in [2.45, 2.75) is 63.2 Å². The lowest BCUT2D eigenvalue weighted by Crippen LogP contribution is -2.43. The van der Waals surface area contributed by atoms with Crippen LogP contribution in [0.3, 0.4) is 0 Å². The average molecular weight is 594 g/mol. The van der Waals surface area contributed by atoms with Crippen LogP contribution < -0.4 is 9.64 Å². The zero-order valence-electron chi connectivity index (χ0n) is 24.0. The van der Waals surface area contributed by atoms with Crippen molar-refractivity contribution in [1.82, 2.24) is 19.9 Å². The van der Waals surface area contributed by atoms with Gasteiger partial charge in [0.1, 0.15) is 41.4 Å². The molecular formula is C32H34F3N5O3. The Hall–Kier alpha value is -3.70. The first-order valence-corrected chi connectivity index (χ1v) is 15.0. The summed E-state index contributed by atoms with van der Waals surface area (Å²) in [6.07, 6.45) is 4.63.